The van der Waals surface area contributed by atoms with Crippen LogP contribution in [-0.4, -0.2) is 10.2 Å². The van der Waals surface area contributed by atoms with E-state index < -0.39 is 13.1 Å². The summed E-state index contributed by atoms with van der Waals surface area (Å²) in [5.41, 5.74) is 1.50. The van der Waals surface area contributed by atoms with E-state index in [0.717, 1.165) is 11.1 Å². The molecule has 6 nitrogen and oxygen atoms in total. The van der Waals surface area contributed by atoms with Gasteiger partial charge in [0.1, 0.15) is 11.1 Å². The molecular weight excluding hydrogens is 415 g/mol. The van der Waals surface area contributed by atoms with E-state index >= 15 is 0 Å². The summed E-state index contributed by atoms with van der Waals surface area (Å²) < 4.78 is 31.3. The highest BCUT2D eigenvalue weighted by Crippen LogP contribution is 2.58. The highest BCUT2D eigenvalue weighted by molar-refractivity contribution is 7.75. The van der Waals surface area contributed by atoms with Crippen LogP contribution in [0.15, 0.2) is 79.3 Å². The molecule has 1 aliphatic rings. The number of phenols is 2. The van der Waals surface area contributed by atoms with Gasteiger partial charge in [0.15, 0.2) is 11.5 Å². The van der Waals surface area contributed by atoms with E-state index in [1.807, 2.05) is 24.3 Å². The largest absolute Gasteiger partial charge is 0.504 e. The van der Waals surface area contributed by atoms with Gasteiger partial charge in [-0.15, -0.1) is 0 Å². The predicted octanol–water partition coefficient (Wildman–Crippen LogP) is 5.21. The molecule has 3 aromatic carbocycles. The van der Waals surface area contributed by atoms with Crippen LogP contribution < -0.4 is 24.6 Å². The molecule has 0 spiro atoms. The number of fused-ring (bicyclic) bond motifs is 3. The van der Waals surface area contributed by atoms with E-state index in [0.29, 0.717) is 11.1 Å². The maximum atomic E-state index is 14.3. The zero-order chi connectivity index (χ0) is 22.3. The van der Waals surface area contributed by atoms with Crippen molar-refractivity contribution in [3.8, 4) is 39.9 Å². The lowest BCUT2D eigenvalue weighted by atomic mass is 10.0. The monoisotopic (exact) mass is 436 g/mol. The molecule has 31 heavy (non-hydrogen) atoms. The maximum Gasteiger partial charge on any atom is 0.311 e. The topological polar surface area (TPSA) is 85.2 Å². The van der Waals surface area contributed by atoms with E-state index in [4.69, 9.17) is 14.0 Å². The quantitative estimate of drug-likeness (QED) is 0.324. The minimum Gasteiger partial charge on any atom is -0.504 e. The Morgan fingerprint density at radius 2 is 1.45 bits per heavy atom. The highest BCUT2D eigenvalue weighted by atomic mass is 31.2. The lowest BCUT2D eigenvalue weighted by molar-refractivity contribution is 0.330. The molecule has 0 amide bonds. The third-order valence-corrected chi connectivity index (χ3v) is 7.12. The molecule has 0 aliphatic carbocycles. The fraction of sp³-hybridized carbons (Fsp3) is 0.0833. The normalized spacial score (nSPS) is 16.5. The average molecular weight is 436 g/mol. The van der Waals surface area contributed by atoms with Crippen molar-refractivity contribution in [1.29, 1.82) is 0 Å². The van der Waals surface area contributed by atoms with Crippen LogP contribution in [0.4, 0.5) is 0 Å². The van der Waals surface area contributed by atoms with Crippen molar-refractivity contribution >= 4 is 18.0 Å². The fourth-order valence-electron chi connectivity index (χ4n) is 3.46. The molecule has 0 radical (unpaired) electrons. The molecule has 4 rings (SSSR count). The molecule has 1 aliphatic heterocycles. The van der Waals surface area contributed by atoms with Gasteiger partial charge in [-0.1, -0.05) is 49.6 Å². The Morgan fingerprint density at radius 3 is 2.13 bits per heavy atom. The number of aromatic hydroxyl groups is 2. The maximum absolute atomic E-state index is 14.3. The number of allylic oxidation sites excluding steroid dienone is 2. The molecule has 2 N–H and O–H groups in total. The number of phenolic OH excluding ortho intramolecular Hbond substituents is 2. The second-order valence-corrected chi connectivity index (χ2v) is 9.44. The number of hydrogen-bond acceptors (Lipinski definition) is 6. The van der Waals surface area contributed by atoms with Crippen molar-refractivity contribution in [2.75, 3.05) is 0 Å². The first-order valence-corrected chi connectivity index (χ1v) is 11.1. The lowest BCUT2D eigenvalue weighted by Crippen LogP contribution is -2.25. The van der Waals surface area contributed by atoms with Crippen molar-refractivity contribution in [3.63, 3.8) is 0 Å². The van der Waals surface area contributed by atoms with Crippen molar-refractivity contribution in [1.82, 2.24) is 0 Å². The number of rotatable bonds is 5. The number of benzene rings is 3. The molecule has 0 bridgehead atoms. The van der Waals surface area contributed by atoms with Crippen molar-refractivity contribution in [2.24, 2.45) is 0 Å². The second-order valence-electron chi connectivity index (χ2n) is 7.19. The Labute approximate surface area is 180 Å². The van der Waals surface area contributed by atoms with Gasteiger partial charge in [-0.3, -0.25) is 4.57 Å². The summed E-state index contributed by atoms with van der Waals surface area (Å²) in [5.74, 6) is -0.347. The molecule has 7 heteroatoms. The van der Waals surface area contributed by atoms with Crippen molar-refractivity contribution in [2.45, 2.75) is 13.8 Å². The molecular formula is C24H21O6P. The standard InChI is InChI=1S/C24H21O6P/c1-14(2)28-23-18(25)13-21(22(26)24(23)29-15(3)4)31(27)20-12-8-6-10-17(20)16-9-5-7-11-19(16)30-31/h5-13,25-26H,1,3H2,2,4H3. The molecule has 0 saturated heterocycles. The summed E-state index contributed by atoms with van der Waals surface area (Å²) in [6, 6.07) is 15.5. The molecule has 0 saturated carbocycles. The van der Waals surface area contributed by atoms with Crippen LogP contribution in [0.3, 0.4) is 0 Å². The average Bonchev–Trinajstić information content (AvgIpc) is 2.73. The Bertz CT molecular complexity index is 1280. The summed E-state index contributed by atoms with van der Waals surface area (Å²) in [5, 5.41) is 22.1. The van der Waals surface area contributed by atoms with E-state index in [1.54, 1.807) is 38.1 Å². The first kappa shape index (κ1) is 20.6. The highest BCUT2D eigenvalue weighted by Gasteiger charge is 2.42. The SMILES string of the molecule is C=C(C)Oc1c(O)cc(P2(=O)Oc3ccccc3-c3ccccc32)c(O)c1OC(=C)C. The molecule has 1 atom stereocenters. The molecule has 3 aromatic rings. The van der Waals surface area contributed by atoms with E-state index in [9.17, 15) is 14.8 Å². The summed E-state index contributed by atoms with van der Waals surface area (Å²) in [4.78, 5) is 0. The second kappa shape index (κ2) is 7.56. The molecule has 158 valence electrons. The van der Waals surface area contributed by atoms with Gasteiger partial charge in [-0.25, -0.2) is 0 Å². The molecule has 1 unspecified atom stereocenters. The van der Waals surface area contributed by atoms with Crippen LogP contribution in [0.2, 0.25) is 0 Å². The van der Waals surface area contributed by atoms with Crippen LogP contribution in [0.1, 0.15) is 13.8 Å². The summed E-state index contributed by atoms with van der Waals surface area (Å²) in [6.45, 7) is 10.5. The Morgan fingerprint density at radius 1 is 0.871 bits per heavy atom. The van der Waals surface area contributed by atoms with Crippen LogP contribution in [0.25, 0.3) is 11.1 Å². The fourth-order valence-corrected chi connectivity index (χ4v) is 5.82. The zero-order valence-electron chi connectivity index (χ0n) is 17.1. The first-order chi connectivity index (χ1) is 14.7. The Balaban J connectivity index is 2.00. The van der Waals surface area contributed by atoms with Gasteiger partial charge in [0.05, 0.1) is 16.8 Å². The van der Waals surface area contributed by atoms with Gasteiger partial charge < -0.3 is 24.2 Å². The van der Waals surface area contributed by atoms with Crippen LogP contribution >= 0.6 is 7.37 Å². The van der Waals surface area contributed by atoms with Crippen LogP contribution in [-0.2, 0) is 4.57 Å². The smallest absolute Gasteiger partial charge is 0.311 e. The Hall–Kier alpha value is -3.63. The third kappa shape index (κ3) is 3.45. The van der Waals surface area contributed by atoms with E-state index in [1.165, 1.54) is 6.07 Å². The third-order valence-electron chi connectivity index (χ3n) is 4.67. The molecule has 0 fully saturated rings. The Kier molecular flexibility index (Phi) is 5.03. The molecule has 0 aromatic heterocycles. The molecule has 1 heterocycles. The van der Waals surface area contributed by atoms with E-state index in [2.05, 4.69) is 13.2 Å². The predicted molar refractivity (Wildman–Crippen MR) is 120 cm³/mol. The summed E-state index contributed by atoms with van der Waals surface area (Å²) >= 11 is 0. The van der Waals surface area contributed by atoms with Gasteiger partial charge in [-0.05, 0) is 31.5 Å². The first-order valence-electron chi connectivity index (χ1n) is 9.47. The van der Waals surface area contributed by atoms with Gasteiger partial charge in [0.2, 0.25) is 11.5 Å². The summed E-state index contributed by atoms with van der Waals surface area (Å²) in [6.07, 6.45) is 0. The zero-order valence-corrected chi connectivity index (χ0v) is 18.0. The van der Waals surface area contributed by atoms with Crippen LogP contribution in [0.5, 0.6) is 28.7 Å². The van der Waals surface area contributed by atoms with Crippen LogP contribution in [0, 0.1) is 0 Å². The van der Waals surface area contributed by atoms with Gasteiger partial charge in [0.25, 0.3) is 0 Å². The van der Waals surface area contributed by atoms with Crippen molar-refractivity contribution in [3.05, 3.63) is 79.3 Å². The number of ether oxygens (including phenoxy) is 2. The van der Waals surface area contributed by atoms with Gasteiger partial charge in [-0.2, -0.15) is 0 Å². The van der Waals surface area contributed by atoms with Crippen molar-refractivity contribution < 1.29 is 28.8 Å². The number of para-hydroxylation sites is 1. The minimum atomic E-state index is -3.87. The van der Waals surface area contributed by atoms with E-state index in [-0.39, 0.29) is 34.1 Å². The minimum absolute atomic E-state index is 0.114. The van der Waals surface area contributed by atoms with Gasteiger partial charge >= 0.3 is 7.37 Å². The number of hydrogen-bond donors (Lipinski definition) is 2. The summed E-state index contributed by atoms with van der Waals surface area (Å²) in [7, 11) is -3.87. The lowest BCUT2D eigenvalue weighted by Gasteiger charge is -2.29. The van der Waals surface area contributed by atoms with Gasteiger partial charge in [0, 0.05) is 11.6 Å².